The Hall–Kier alpha value is -3.34. The Morgan fingerprint density at radius 3 is 2.21 bits per heavy atom. The summed E-state index contributed by atoms with van der Waals surface area (Å²) in [5, 5.41) is 3.21. The highest BCUT2D eigenvalue weighted by molar-refractivity contribution is 6.33. The molecule has 1 N–H and O–H groups in total. The third-order valence-corrected chi connectivity index (χ3v) is 8.38. The van der Waals surface area contributed by atoms with E-state index in [-0.39, 0.29) is 66.9 Å². The van der Waals surface area contributed by atoms with E-state index in [2.05, 4.69) is 5.32 Å². The summed E-state index contributed by atoms with van der Waals surface area (Å²) >= 11 is 6.95. The number of amides is 2. The van der Waals surface area contributed by atoms with Crippen molar-refractivity contribution in [3.63, 3.8) is 0 Å². The summed E-state index contributed by atoms with van der Waals surface area (Å²) in [6, 6.07) is 10.3. The van der Waals surface area contributed by atoms with E-state index in [1.165, 1.54) is 6.92 Å². The molecule has 1 unspecified atom stereocenters. The van der Waals surface area contributed by atoms with E-state index in [1.54, 1.807) is 38.7 Å². The summed E-state index contributed by atoms with van der Waals surface area (Å²) in [6.07, 6.45) is 0.144. The normalized spacial score (nSPS) is 18.8. The number of urea groups is 1. The molecule has 2 aromatic rings. The zero-order chi connectivity index (χ0) is 34.9. The molecule has 0 aromatic heterocycles. The minimum absolute atomic E-state index is 0.155. The van der Waals surface area contributed by atoms with E-state index in [1.807, 2.05) is 58.0 Å². The lowest BCUT2D eigenvalue weighted by atomic mass is 9.74. The lowest BCUT2D eigenvalue weighted by Gasteiger charge is -2.47. The Labute approximate surface area is 284 Å². The van der Waals surface area contributed by atoms with Crippen LogP contribution in [0, 0.1) is 0 Å². The summed E-state index contributed by atoms with van der Waals surface area (Å²) in [4.78, 5) is 42.1. The number of ether oxygens (including phenoxy) is 5. The highest BCUT2D eigenvalue weighted by Crippen LogP contribution is 2.43. The number of nitrogens with zero attached hydrogens (tertiary/aromatic N) is 1. The minimum atomic E-state index is -1.27. The van der Waals surface area contributed by atoms with Crippen molar-refractivity contribution in [3.8, 4) is 11.5 Å². The number of rotatable bonds is 16. The van der Waals surface area contributed by atoms with Crippen molar-refractivity contribution in [2.24, 2.45) is 0 Å². The summed E-state index contributed by atoms with van der Waals surface area (Å²) in [6.45, 7) is 17.5. The first-order valence-corrected chi connectivity index (χ1v) is 16.8. The van der Waals surface area contributed by atoms with Crippen LogP contribution in [0.3, 0.4) is 0 Å². The summed E-state index contributed by atoms with van der Waals surface area (Å²) in [5.41, 5.74) is -0.261. The highest BCUT2D eigenvalue weighted by Gasteiger charge is 2.54. The molecule has 11 heteroatoms. The van der Waals surface area contributed by atoms with Crippen molar-refractivity contribution in [2.45, 2.75) is 105 Å². The van der Waals surface area contributed by atoms with Crippen LogP contribution in [0.1, 0.15) is 109 Å². The van der Waals surface area contributed by atoms with Crippen LogP contribution in [-0.2, 0) is 19.0 Å². The molecule has 1 aliphatic rings. The standard InChI is InChI=1S/C36H51ClN2O8/c1-10-43-27-21-36(22-27,33(41)47-35(7,8)9)38-34(42)39(18-19-46-25(6)26-16-14-13-15-17-26)23(4)28-20-29(44-11-2)30(24(5)40)32(31(28)37)45-12-3/h13-17,20,23,25,27H,10-12,18-19,21-22H2,1-9H3,(H,38,42)/t23?,25-,27?,36?/m0/s1. The number of ketones is 1. The van der Waals surface area contributed by atoms with Crippen molar-refractivity contribution in [2.75, 3.05) is 33.0 Å². The number of halogens is 1. The molecule has 0 heterocycles. The van der Waals surface area contributed by atoms with Gasteiger partial charge in [-0.05, 0) is 73.9 Å². The molecular weight excluding hydrogens is 624 g/mol. The van der Waals surface area contributed by atoms with Gasteiger partial charge in [0.15, 0.2) is 11.5 Å². The SMILES string of the molecule is CCOc1cc(C(C)N(CCO[C@@H](C)c2ccccc2)C(=O)NC2(C(=O)OC(C)(C)C)CC(OCC)C2)c(Cl)c(OCC)c1C(C)=O. The van der Waals surface area contributed by atoms with E-state index < -0.39 is 29.2 Å². The Bertz CT molecular complexity index is 1370. The van der Waals surface area contributed by atoms with Crippen LogP contribution in [0.2, 0.25) is 5.02 Å². The fourth-order valence-corrected chi connectivity index (χ4v) is 6.01. The minimum Gasteiger partial charge on any atom is -0.493 e. The molecule has 0 spiro atoms. The van der Waals surface area contributed by atoms with E-state index >= 15 is 0 Å². The number of carbonyl (C=O) groups is 3. The second kappa shape index (κ2) is 16.7. The Morgan fingerprint density at radius 2 is 1.66 bits per heavy atom. The fourth-order valence-electron chi connectivity index (χ4n) is 5.65. The summed E-state index contributed by atoms with van der Waals surface area (Å²) in [5.74, 6) is -0.263. The molecule has 47 heavy (non-hydrogen) atoms. The van der Waals surface area contributed by atoms with Crippen LogP contribution in [-0.4, -0.2) is 72.9 Å². The molecule has 1 saturated carbocycles. The predicted molar refractivity (Wildman–Crippen MR) is 181 cm³/mol. The van der Waals surface area contributed by atoms with Crippen molar-refractivity contribution in [1.29, 1.82) is 0 Å². The molecule has 2 aromatic carbocycles. The lowest BCUT2D eigenvalue weighted by Crippen LogP contribution is -2.67. The number of benzene rings is 2. The number of esters is 1. The average molecular weight is 675 g/mol. The van der Waals surface area contributed by atoms with Crippen LogP contribution in [0.4, 0.5) is 4.79 Å². The van der Waals surface area contributed by atoms with Crippen molar-refractivity contribution < 1.29 is 38.1 Å². The van der Waals surface area contributed by atoms with Gasteiger partial charge in [0.1, 0.15) is 22.5 Å². The zero-order valence-corrected chi connectivity index (χ0v) is 30.0. The maximum Gasteiger partial charge on any atom is 0.332 e. The van der Waals surface area contributed by atoms with E-state index in [9.17, 15) is 14.4 Å². The smallest absolute Gasteiger partial charge is 0.332 e. The number of carbonyl (C=O) groups excluding carboxylic acids is 3. The lowest BCUT2D eigenvalue weighted by molar-refractivity contribution is -0.174. The van der Waals surface area contributed by atoms with E-state index in [0.717, 1.165) is 5.56 Å². The Kier molecular flexibility index (Phi) is 13.5. The Morgan fingerprint density at radius 1 is 1.02 bits per heavy atom. The molecule has 0 aliphatic heterocycles. The highest BCUT2D eigenvalue weighted by atomic mass is 35.5. The van der Waals surface area contributed by atoms with Gasteiger partial charge < -0.3 is 33.9 Å². The molecule has 2 amide bonds. The summed E-state index contributed by atoms with van der Waals surface area (Å²) < 4.78 is 29.4. The molecule has 0 radical (unpaired) electrons. The van der Waals surface area contributed by atoms with Gasteiger partial charge in [-0.2, -0.15) is 0 Å². The van der Waals surface area contributed by atoms with Gasteiger partial charge in [-0.15, -0.1) is 0 Å². The largest absolute Gasteiger partial charge is 0.493 e. The topological polar surface area (TPSA) is 113 Å². The fraction of sp³-hybridized carbons (Fsp3) is 0.583. The van der Waals surface area contributed by atoms with Gasteiger partial charge in [-0.25, -0.2) is 9.59 Å². The zero-order valence-electron chi connectivity index (χ0n) is 29.2. The molecule has 0 saturated heterocycles. The molecule has 260 valence electrons. The maximum atomic E-state index is 14.3. The first kappa shape index (κ1) is 38.1. The maximum absolute atomic E-state index is 14.3. The second-order valence-corrected chi connectivity index (χ2v) is 13.1. The van der Waals surface area contributed by atoms with Gasteiger partial charge in [0.2, 0.25) is 0 Å². The van der Waals surface area contributed by atoms with Gasteiger partial charge >= 0.3 is 12.0 Å². The first-order valence-electron chi connectivity index (χ1n) is 16.4. The van der Waals surface area contributed by atoms with Gasteiger partial charge in [0.05, 0.1) is 43.1 Å². The molecule has 10 nitrogen and oxygen atoms in total. The first-order chi connectivity index (χ1) is 22.2. The monoisotopic (exact) mass is 674 g/mol. The van der Waals surface area contributed by atoms with Crippen molar-refractivity contribution in [1.82, 2.24) is 10.2 Å². The predicted octanol–water partition coefficient (Wildman–Crippen LogP) is 7.47. The van der Waals surface area contributed by atoms with Gasteiger partial charge in [0.25, 0.3) is 0 Å². The third kappa shape index (κ3) is 9.61. The third-order valence-electron chi connectivity index (χ3n) is 7.99. The van der Waals surface area contributed by atoms with Crippen molar-refractivity contribution >= 4 is 29.4 Å². The van der Waals surface area contributed by atoms with Crippen LogP contribution < -0.4 is 14.8 Å². The van der Waals surface area contributed by atoms with E-state index in [4.69, 9.17) is 35.3 Å². The van der Waals surface area contributed by atoms with Crippen LogP contribution in [0.25, 0.3) is 0 Å². The van der Waals surface area contributed by atoms with E-state index in [0.29, 0.717) is 24.5 Å². The average Bonchev–Trinajstić information content (AvgIpc) is 2.98. The molecule has 1 fully saturated rings. The number of hydrogen-bond donors (Lipinski definition) is 1. The Balaban J connectivity index is 2.02. The van der Waals surface area contributed by atoms with Gasteiger partial charge in [0, 0.05) is 31.6 Å². The molecule has 0 bridgehead atoms. The van der Waals surface area contributed by atoms with Gasteiger partial charge in [-0.3, -0.25) is 4.79 Å². The quantitative estimate of drug-likeness (QED) is 0.144. The summed E-state index contributed by atoms with van der Waals surface area (Å²) in [7, 11) is 0. The number of nitrogens with one attached hydrogen (secondary N) is 1. The second-order valence-electron chi connectivity index (χ2n) is 12.7. The molecule has 2 atom stereocenters. The number of Topliss-reactive ketones (excluding diaryl/α,β-unsaturated/α-hetero) is 1. The number of hydrogen-bond acceptors (Lipinski definition) is 8. The molecule has 1 aliphatic carbocycles. The van der Waals surface area contributed by atoms with Crippen LogP contribution in [0.5, 0.6) is 11.5 Å². The van der Waals surface area contributed by atoms with Crippen LogP contribution >= 0.6 is 11.6 Å². The molecular formula is C36H51ClN2O8. The van der Waals surface area contributed by atoms with Crippen molar-refractivity contribution in [3.05, 3.63) is 58.1 Å². The molecule has 3 rings (SSSR count). The van der Waals surface area contributed by atoms with Gasteiger partial charge in [-0.1, -0.05) is 41.9 Å². The van der Waals surface area contributed by atoms with Crippen LogP contribution in [0.15, 0.2) is 36.4 Å².